The van der Waals surface area contributed by atoms with E-state index < -0.39 is 5.82 Å². The van der Waals surface area contributed by atoms with Crippen LogP contribution < -0.4 is 5.73 Å². The number of halogens is 2. The topological polar surface area (TPSA) is 69.6 Å². The molecule has 0 amide bonds. The largest absolute Gasteiger partial charge is 0.396 e. The third kappa shape index (κ3) is 2.45. The van der Waals surface area contributed by atoms with E-state index in [1.807, 2.05) is 19.1 Å². The number of benzene rings is 2. The maximum Gasteiger partial charge on any atom is 0.187 e. The summed E-state index contributed by atoms with van der Waals surface area (Å²) in [5.41, 5.74) is 7.93. The SMILES string of the molecule is Cc1ccc(-n2nnnc2-c2ccc(F)c(N)c2)cc1Cl. The summed E-state index contributed by atoms with van der Waals surface area (Å²) in [5, 5.41) is 12.2. The molecule has 0 aliphatic heterocycles. The number of aryl methyl sites for hydroxylation is 1. The highest BCUT2D eigenvalue weighted by Crippen LogP contribution is 2.25. The summed E-state index contributed by atoms with van der Waals surface area (Å²) in [5.74, 6) is -0.0159. The van der Waals surface area contributed by atoms with E-state index in [1.165, 1.54) is 16.8 Å². The van der Waals surface area contributed by atoms with Gasteiger partial charge >= 0.3 is 0 Å². The third-order valence-corrected chi connectivity index (χ3v) is 3.53. The summed E-state index contributed by atoms with van der Waals surface area (Å²) in [6.45, 7) is 1.91. The van der Waals surface area contributed by atoms with Crippen molar-refractivity contribution in [3.8, 4) is 17.1 Å². The minimum Gasteiger partial charge on any atom is -0.396 e. The molecule has 0 fully saturated rings. The van der Waals surface area contributed by atoms with Gasteiger partial charge in [-0.25, -0.2) is 4.39 Å². The van der Waals surface area contributed by atoms with Crippen molar-refractivity contribution in [3.63, 3.8) is 0 Å². The summed E-state index contributed by atoms with van der Waals surface area (Å²) in [4.78, 5) is 0. The molecule has 0 bridgehead atoms. The summed E-state index contributed by atoms with van der Waals surface area (Å²) >= 11 is 6.12. The molecule has 1 heterocycles. The second-order valence-corrected chi connectivity index (χ2v) is 4.99. The second-order valence-electron chi connectivity index (χ2n) is 4.58. The molecule has 3 aromatic rings. The lowest BCUT2D eigenvalue weighted by Crippen LogP contribution is -2.01. The quantitative estimate of drug-likeness (QED) is 0.739. The Bertz CT molecular complexity index is 749. The van der Waals surface area contributed by atoms with Gasteiger partial charge in [-0.05, 0) is 53.2 Å². The van der Waals surface area contributed by atoms with Gasteiger partial charge in [0.2, 0.25) is 0 Å². The summed E-state index contributed by atoms with van der Waals surface area (Å²) in [6.07, 6.45) is 0. The number of anilines is 1. The van der Waals surface area contributed by atoms with Crippen LogP contribution >= 0.6 is 11.6 Å². The zero-order chi connectivity index (χ0) is 15.0. The minimum atomic E-state index is -0.476. The molecule has 0 saturated heterocycles. The Kier molecular flexibility index (Phi) is 3.31. The molecule has 0 unspecified atom stereocenters. The molecule has 2 N–H and O–H groups in total. The molecule has 106 valence electrons. The van der Waals surface area contributed by atoms with E-state index in [4.69, 9.17) is 17.3 Å². The molecule has 0 aliphatic carbocycles. The Labute approximate surface area is 125 Å². The molecule has 3 rings (SSSR count). The van der Waals surface area contributed by atoms with Gasteiger partial charge in [-0.15, -0.1) is 5.10 Å². The fourth-order valence-electron chi connectivity index (χ4n) is 1.94. The lowest BCUT2D eigenvalue weighted by molar-refractivity contribution is 0.632. The van der Waals surface area contributed by atoms with Gasteiger partial charge in [0.1, 0.15) is 5.82 Å². The normalized spacial score (nSPS) is 10.8. The van der Waals surface area contributed by atoms with Gasteiger partial charge in [0, 0.05) is 10.6 Å². The van der Waals surface area contributed by atoms with E-state index in [2.05, 4.69) is 15.5 Å². The van der Waals surface area contributed by atoms with Gasteiger partial charge in [0.25, 0.3) is 0 Å². The molecule has 0 aliphatic rings. The number of nitrogen functional groups attached to an aromatic ring is 1. The highest BCUT2D eigenvalue weighted by molar-refractivity contribution is 6.31. The van der Waals surface area contributed by atoms with Crippen molar-refractivity contribution < 1.29 is 4.39 Å². The number of aromatic nitrogens is 4. The first-order valence-corrected chi connectivity index (χ1v) is 6.54. The van der Waals surface area contributed by atoms with Crippen molar-refractivity contribution in [2.24, 2.45) is 0 Å². The first-order chi connectivity index (χ1) is 10.1. The van der Waals surface area contributed by atoms with Crippen molar-refractivity contribution in [2.45, 2.75) is 6.92 Å². The first-order valence-electron chi connectivity index (χ1n) is 6.16. The van der Waals surface area contributed by atoms with E-state index in [1.54, 1.807) is 12.1 Å². The van der Waals surface area contributed by atoms with Gasteiger partial charge in [-0.1, -0.05) is 17.7 Å². The van der Waals surface area contributed by atoms with E-state index in [9.17, 15) is 4.39 Å². The Morgan fingerprint density at radius 1 is 1.19 bits per heavy atom. The molecule has 7 heteroatoms. The van der Waals surface area contributed by atoms with Crippen LogP contribution in [-0.4, -0.2) is 20.2 Å². The van der Waals surface area contributed by atoms with Crippen LogP contribution in [0, 0.1) is 12.7 Å². The molecular weight excluding hydrogens is 293 g/mol. The molecule has 1 aromatic heterocycles. The Hall–Kier alpha value is -2.47. The third-order valence-electron chi connectivity index (χ3n) is 3.12. The lowest BCUT2D eigenvalue weighted by atomic mass is 10.1. The molecule has 0 radical (unpaired) electrons. The van der Waals surface area contributed by atoms with Gasteiger partial charge < -0.3 is 5.73 Å². The van der Waals surface area contributed by atoms with E-state index in [0.717, 1.165) is 5.56 Å². The average molecular weight is 304 g/mol. The second kappa shape index (κ2) is 5.14. The average Bonchev–Trinajstić information content (AvgIpc) is 2.94. The van der Waals surface area contributed by atoms with Crippen LogP contribution in [-0.2, 0) is 0 Å². The zero-order valence-corrected chi connectivity index (χ0v) is 11.8. The van der Waals surface area contributed by atoms with E-state index in [-0.39, 0.29) is 5.69 Å². The lowest BCUT2D eigenvalue weighted by Gasteiger charge is -2.07. The molecule has 0 saturated carbocycles. The van der Waals surface area contributed by atoms with Gasteiger partial charge in [0.05, 0.1) is 11.4 Å². The summed E-state index contributed by atoms with van der Waals surface area (Å²) in [6, 6.07) is 9.85. The standard InChI is InChI=1S/C14H11ClFN5/c1-8-2-4-10(7-11(8)15)21-14(18-19-20-21)9-3-5-12(16)13(17)6-9/h2-7H,17H2,1H3. The fourth-order valence-corrected chi connectivity index (χ4v) is 2.11. The summed E-state index contributed by atoms with van der Waals surface area (Å²) < 4.78 is 14.8. The van der Waals surface area contributed by atoms with Gasteiger partial charge in [-0.3, -0.25) is 0 Å². The highest BCUT2D eigenvalue weighted by Gasteiger charge is 2.13. The minimum absolute atomic E-state index is 0.0454. The van der Waals surface area contributed by atoms with Crippen molar-refractivity contribution in [3.05, 3.63) is 52.8 Å². The van der Waals surface area contributed by atoms with E-state index in [0.29, 0.717) is 22.1 Å². The number of hydrogen-bond donors (Lipinski definition) is 1. The smallest absolute Gasteiger partial charge is 0.187 e. The molecule has 0 atom stereocenters. The van der Waals surface area contributed by atoms with Crippen molar-refractivity contribution in [2.75, 3.05) is 5.73 Å². The van der Waals surface area contributed by atoms with Gasteiger partial charge in [0.15, 0.2) is 5.82 Å². The van der Waals surface area contributed by atoms with E-state index >= 15 is 0 Å². The Morgan fingerprint density at radius 2 is 2.00 bits per heavy atom. The number of rotatable bonds is 2. The molecule has 0 spiro atoms. The van der Waals surface area contributed by atoms with Crippen LogP contribution in [0.4, 0.5) is 10.1 Å². The van der Waals surface area contributed by atoms with Crippen molar-refractivity contribution >= 4 is 17.3 Å². The van der Waals surface area contributed by atoms with Crippen LogP contribution in [0.3, 0.4) is 0 Å². The zero-order valence-electron chi connectivity index (χ0n) is 11.1. The number of hydrogen-bond acceptors (Lipinski definition) is 4. The molecule has 2 aromatic carbocycles. The first kappa shape index (κ1) is 13.5. The highest BCUT2D eigenvalue weighted by atomic mass is 35.5. The maximum atomic E-state index is 13.3. The number of tetrazole rings is 1. The maximum absolute atomic E-state index is 13.3. The Morgan fingerprint density at radius 3 is 2.71 bits per heavy atom. The predicted molar refractivity (Wildman–Crippen MR) is 78.7 cm³/mol. The fraction of sp³-hybridized carbons (Fsp3) is 0.0714. The van der Waals surface area contributed by atoms with Crippen LogP contribution in [0.5, 0.6) is 0 Å². The van der Waals surface area contributed by atoms with Crippen LogP contribution in [0.25, 0.3) is 17.1 Å². The summed E-state index contributed by atoms with van der Waals surface area (Å²) in [7, 11) is 0. The monoisotopic (exact) mass is 303 g/mol. The predicted octanol–water partition coefficient (Wildman–Crippen LogP) is 3.01. The van der Waals surface area contributed by atoms with Crippen molar-refractivity contribution in [1.29, 1.82) is 0 Å². The van der Waals surface area contributed by atoms with Crippen molar-refractivity contribution in [1.82, 2.24) is 20.2 Å². The van der Waals surface area contributed by atoms with Crippen LogP contribution in [0.2, 0.25) is 5.02 Å². The van der Waals surface area contributed by atoms with Crippen LogP contribution in [0.1, 0.15) is 5.56 Å². The Balaban J connectivity index is 2.12. The molecule has 21 heavy (non-hydrogen) atoms. The number of nitrogens with two attached hydrogens (primary N) is 1. The van der Waals surface area contributed by atoms with Gasteiger partial charge in [-0.2, -0.15) is 4.68 Å². The molecule has 5 nitrogen and oxygen atoms in total. The van der Waals surface area contributed by atoms with Crippen LogP contribution in [0.15, 0.2) is 36.4 Å². The molecular formula is C14H11ClFN5. The number of nitrogens with zero attached hydrogens (tertiary/aromatic N) is 4.